The minimum Gasteiger partial charge on any atom is -0.337 e. The molecule has 3 heterocycles. The number of aromatic nitrogens is 6. The highest BCUT2D eigenvalue weighted by atomic mass is 19.1. The second-order valence-corrected chi connectivity index (χ2v) is 5.63. The number of hydrogen-bond donors (Lipinski definition) is 0. The minimum absolute atomic E-state index is 0.243. The Morgan fingerprint density at radius 1 is 1.20 bits per heavy atom. The van der Waals surface area contributed by atoms with Crippen LogP contribution < -0.4 is 0 Å². The summed E-state index contributed by atoms with van der Waals surface area (Å²) in [5.74, 6) is 1.27. The van der Waals surface area contributed by atoms with Gasteiger partial charge in [-0.05, 0) is 38.1 Å². The Hall–Kier alpha value is -3.29. The summed E-state index contributed by atoms with van der Waals surface area (Å²) < 4.78 is 22.7. The Labute approximate surface area is 142 Å². The average Bonchev–Trinajstić information content (AvgIpc) is 3.35. The first-order chi connectivity index (χ1) is 12.1. The van der Waals surface area contributed by atoms with E-state index in [0.717, 1.165) is 5.69 Å². The maximum atomic E-state index is 13.9. The summed E-state index contributed by atoms with van der Waals surface area (Å²) in [6.45, 7) is 3.68. The quantitative estimate of drug-likeness (QED) is 0.571. The van der Waals surface area contributed by atoms with Crippen molar-refractivity contribution in [2.45, 2.75) is 19.9 Å². The second-order valence-electron chi connectivity index (χ2n) is 5.63. The summed E-state index contributed by atoms with van der Waals surface area (Å²) in [4.78, 5) is 8.69. The molecule has 0 spiro atoms. The van der Waals surface area contributed by atoms with Crippen LogP contribution in [0.5, 0.6) is 0 Å². The van der Waals surface area contributed by atoms with Gasteiger partial charge in [0.05, 0.1) is 5.69 Å². The molecule has 25 heavy (non-hydrogen) atoms. The fraction of sp³-hybridized carbons (Fsp3) is 0.176. The predicted molar refractivity (Wildman–Crippen MR) is 87.6 cm³/mol. The monoisotopic (exact) mass is 338 g/mol. The van der Waals surface area contributed by atoms with Crippen molar-refractivity contribution in [3.63, 3.8) is 0 Å². The molecule has 0 aliphatic rings. The van der Waals surface area contributed by atoms with E-state index in [2.05, 4.69) is 20.2 Å². The zero-order valence-corrected chi connectivity index (χ0v) is 13.7. The highest BCUT2D eigenvalue weighted by Gasteiger charge is 2.21. The van der Waals surface area contributed by atoms with Gasteiger partial charge >= 0.3 is 0 Å². The van der Waals surface area contributed by atoms with Crippen molar-refractivity contribution in [1.29, 1.82) is 0 Å². The van der Waals surface area contributed by atoms with Crippen LogP contribution in [0.4, 0.5) is 4.39 Å². The van der Waals surface area contributed by atoms with Gasteiger partial charge in [0.25, 0.3) is 0 Å². The molecule has 4 aromatic rings. The zero-order chi connectivity index (χ0) is 17.4. The lowest BCUT2D eigenvalue weighted by Gasteiger charge is -2.15. The van der Waals surface area contributed by atoms with Crippen molar-refractivity contribution in [1.82, 2.24) is 29.5 Å². The van der Waals surface area contributed by atoms with Crippen LogP contribution in [0.2, 0.25) is 0 Å². The van der Waals surface area contributed by atoms with Crippen molar-refractivity contribution >= 4 is 0 Å². The van der Waals surface area contributed by atoms with Crippen LogP contribution in [0.15, 0.2) is 53.6 Å². The number of imidazole rings is 1. The van der Waals surface area contributed by atoms with Crippen LogP contribution >= 0.6 is 0 Å². The van der Waals surface area contributed by atoms with E-state index < -0.39 is 0 Å². The molecule has 0 radical (unpaired) electrons. The standard InChI is InChI=1S/C17H15FN6O/c1-11(17-21-12(2)22-25-17)23-9-7-19-16(23)14-10-13(18)4-5-15(14)24-8-3-6-20-24/h3-11H,1-2H3/t11-/m1/s1. The summed E-state index contributed by atoms with van der Waals surface area (Å²) in [6, 6.07) is 6.09. The molecule has 3 aromatic heterocycles. The molecule has 0 unspecified atom stereocenters. The van der Waals surface area contributed by atoms with Crippen molar-refractivity contribution in [3.05, 3.63) is 66.6 Å². The van der Waals surface area contributed by atoms with Crippen LogP contribution in [0.3, 0.4) is 0 Å². The molecule has 1 atom stereocenters. The van der Waals surface area contributed by atoms with Crippen LogP contribution in [-0.2, 0) is 0 Å². The zero-order valence-electron chi connectivity index (χ0n) is 13.7. The molecule has 0 N–H and O–H groups in total. The number of hydrogen-bond acceptors (Lipinski definition) is 5. The first-order valence-electron chi connectivity index (χ1n) is 7.76. The van der Waals surface area contributed by atoms with Crippen molar-refractivity contribution in [2.24, 2.45) is 0 Å². The molecule has 0 saturated heterocycles. The molecular formula is C17H15FN6O. The van der Waals surface area contributed by atoms with Crippen LogP contribution in [0.25, 0.3) is 17.1 Å². The van der Waals surface area contributed by atoms with Gasteiger partial charge in [-0.25, -0.2) is 14.1 Å². The number of rotatable bonds is 4. The maximum absolute atomic E-state index is 13.9. The fourth-order valence-electron chi connectivity index (χ4n) is 2.73. The average molecular weight is 338 g/mol. The maximum Gasteiger partial charge on any atom is 0.249 e. The van der Waals surface area contributed by atoms with E-state index in [-0.39, 0.29) is 11.9 Å². The van der Waals surface area contributed by atoms with E-state index in [1.54, 1.807) is 42.5 Å². The van der Waals surface area contributed by atoms with Crippen molar-refractivity contribution in [2.75, 3.05) is 0 Å². The summed E-state index contributed by atoms with van der Waals surface area (Å²) in [5.41, 5.74) is 1.35. The van der Waals surface area contributed by atoms with Crippen LogP contribution in [0.1, 0.15) is 24.7 Å². The Morgan fingerprint density at radius 3 is 2.80 bits per heavy atom. The van der Waals surface area contributed by atoms with E-state index in [1.807, 2.05) is 17.6 Å². The lowest BCUT2D eigenvalue weighted by molar-refractivity contribution is 0.343. The minimum atomic E-state index is -0.346. The molecule has 0 aliphatic heterocycles. The fourth-order valence-corrected chi connectivity index (χ4v) is 2.73. The Balaban J connectivity index is 1.84. The summed E-state index contributed by atoms with van der Waals surface area (Å²) in [6.07, 6.45) is 6.93. The number of benzene rings is 1. The molecule has 7 nitrogen and oxygen atoms in total. The third-order valence-electron chi connectivity index (χ3n) is 3.94. The van der Waals surface area contributed by atoms with Crippen LogP contribution in [-0.4, -0.2) is 29.5 Å². The number of aryl methyl sites for hydroxylation is 1. The lowest BCUT2D eigenvalue weighted by atomic mass is 10.1. The molecule has 0 fully saturated rings. The highest BCUT2D eigenvalue weighted by Crippen LogP contribution is 2.29. The summed E-state index contributed by atoms with van der Waals surface area (Å²) >= 11 is 0. The van der Waals surface area contributed by atoms with Gasteiger partial charge in [0, 0.05) is 30.4 Å². The molecule has 8 heteroatoms. The van der Waals surface area contributed by atoms with Crippen LogP contribution in [0, 0.1) is 12.7 Å². The topological polar surface area (TPSA) is 74.6 Å². The highest BCUT2D eigenvalue weighted by molar-refractivity contribution is 5.68. The molecule has 0 bridgehead atoms. The van der Waals surface area contributed by atoms with E-state index in [0.29, 0.717) is 23.1 Å². The van der Waals surface area contributed by atoms with Gasteiger partial charge in [-0.15, -0.1) is 0 Å². The van der Waals surface area contributed by atoms with Gasteiger partial charge in [0.2, 0.25) is 5.89 Å². The van der Waals surface area contributed by atoms with Gasteiger partial charge in [0.15, 0.2) is 5.82 Å². The van der Waals surface area contributed by atoms with Gasteiger partial charge in [0.1, 0.15) is 17.7 Å². The predicted octanol–water partition coefficient (Wildman–Crippen LogP) is 3.18. The van der Waals surface area contributed by atoms with Gasteiger partial charge in [-0.1, -0.05) is 5.16 Å². The number of halogens is 1. The first-order valence-corrected chi connectivity index (χ1v) is 7.76. The van der Waals surface area contributed by atoms with E-state index >= 15 is 0 Å². The van der Waals surface area contributed by atoms with Gasteiger partial charge in [-0.2, -0.15) is 10.1 Å². The van der Waals surface area contributed by atoms with E-state index in [9.17, 15) is 4.39 Å². The SMILES string of the molecule is Cc1noc([C@@H](C)n2ccnc2-c2cc(F)ccc2-n2cccn2)n1. The van der Waals surface area contributed by atoms with E-state index in [1.165, 1.54) is 12.1 Å². The molecule has 1 aromatic carbocycles. The molecular weight excluding hydrogens is 323 g/mol. The Kier molecular flexibility index (Phi) is 3.64. The third-order valence-corrected chi connectivity index (χ3v) is 3.94. The second kappa shape index (κ2) is 5.97. The lowest BCUT2D eigenvalue weighted by Crippen LogP contribution is -2.09. The van der Waals surface area contributed by atoms with E-state index in [4.69, 9.17) is 4.52 Å². The van der Waals surface area contributed by atoms with Crippen molar-refractivity contribution in [3.8, 4) is 17.1 Å². The Bertz CT molecular complexity index is 1000. The molecule has 0 aliphatic carbocycles. The van der Waals surface area contributed by atoms with Gasteiger partial charge < -0.3 is 9.09 Å². The molecule has 4 rings (SSSR count). The van der Waals surface area contributed by atoms with Crippen molar-refractivity contribution < 1.29 is 8.91 Å². The summed E-state index contributed by atoms with van der Waals surface area (Å²) in [5, 5.41) is 8.07. The first kappa shape index (κ1) is 15.3. The Morgan fingerprint density at radius 2 is 2.08 bits per heavy atom. The third kappa shape index (κ3) is 2.71. The number of nitrogens with zero attached hydrogens (tertiary/aromatic N) is 6. The summed E-state index contributed by atoms with van der Waals surface area (Å²) in [7, 11) is 0. The molecule has 126 valence electrons. The normalized spacial score (nSPS) is 12.4. The smallest absolute Gasteiger partial charge is 0.249 e. The van der Waals surface area contributed by atoms with Gasteiger partial charge in [-0.3, -0.25) is 0 Å². The largest absolute Gasteiger partial charge is 0.337 e. The molecule has 0 amide bonds. The molecule has 0 saturated carbocycles.